The number of thioether (sulfide) groups is 1. The van der Waals surface area contributed by atoms with E-state index in [1.807, 2.05) is 31.2 Å². The summed E-state index contributed by atoms with van der Waals surface area (Å²) in [5.41, 5.74) is 0.910. The molecule has 1 unspecified atom stereocenters. The normalized spacial score (nSPS) is 11.9. The highest BCUT2D eigenvalue weighted by molar-refractivity contribution is 7.99. The average Bonchev–Trinajstić information content (AvgIpc) is 3.18. The maximum absolute atomic E-state index is 13.3. The second-order valence-corrected chi connectivity index (χ2v) is 7.34. The van der Waals surface area contributed by atoms with Crippen molar-refractivity contribution in [3.8, 4) is 17.1 Å². The van der Waals surface area contributed by atoms with Gasteiger partial charge in [0.05, 0.1) is 23.2 Å². The molecule has 0 aliphatic heterocycles. The van der Waals surface area contributed by atoms with Crippen LogP contribution in [0.25, 0.3) is 11.4 Å². The van der Waals surface area contributed by atoms with Crippen molar-refractivity contribution >= 4 is 23.4 Å². The number of amides is 1. The van der Waals surface area contributed by atoms with Crippen LogP contribution in [-0.2, 0) is 10.5 Å². The van der Waals surface area contributed by atoms with Gasteiger partial charge < -0.3 is 14.6 Å². The monoisotopic (exact) mass is 419 g/mol. The topological polar surface area (TPSA) is 77.2 Å². The van der Waals surface area contributed by atoms with E-state index in [9.17, 15) is 13.6 Å². The van der Waals surface area contributed by atoms with Crippen molar-refractivity contribution in [3.63, 3.8) is 0 Å². The molecule has 3 rings (SSSR count). The summed E-state index contributed by atoms with van der Waals surface area (Å²) in [5.74, 6) is -0.586. The minimum atomic E-state index is -1.02. The molecule has 0 radical (unpaired) electrons. The Bertz CT molecular complexity index is 997. The Kier molecular flexibility index (Phi) is 6.82. The smallest absolute Gasteiger partial charge is 0.237 e. The van der Waals surface area contributed by atoms with E-state index in [1.54, 1.807) is 6.92 Å². The van der Waals surface area contributed by atoms with E-state index in [0.717, 1.165) is 17.7 Å². The molecule has 0 fully saturated rings. The Balaban J connectivity index is 1.59. The molecule has 0 aliphatic rings. The maximum atomic E-state index is 13.3. The lowest BCUT2D eigenvalue weighted by Crippen LogP contribution is -2.22. The van der Waals surface area contributed by atoms with Crippen molar-refractivity contribution in [3.05, 3.63) is 60.0 Å². The van der Waals surface area contributed by atoms with E-state index in [0.29, 0.717) is 29.8 Å². The van der Waals surface area contributed by atoms with Crippen molar-refractivity contribution in [1.82, 2.24) is 10.1 Å². The zero-order chi connectivity index (χ0) is 20.8. The Morgan fingerprint density at radius 2 is 2.03 bits per heavy atom. The van der Waals surface area contributed by atoms with Gasteiger partial charge in [-0.2, -0.15) is 4.98 Å². The summed E-state index contributed by atoms with van der Waals surface area (Å²) < 4.78 is 37.1. The fourth-order valence-electron chi connectivity index (χ4n) is 2.45. The predicted molar refractivity (Wildman–Crippen MR) is 107 cm³/mol. The largest absolute Gasteiger partial charge is 0.493 e. The highest BCUT2D eigenvalue weighted by Gasteiger charge is 2.18. The van der Waals surface area contributed by atoms with Crippen molar-refractivity contribution in [2.75, 3.05) is 11.9 Å². The van der Waals surface area contributed by atoms with Crippen LogP contribution in [0.5, 0.6) is 5.75 Å². The molecule has 1 N–H and O–H groups in total. The number of para-hydroxylation sites is 1. The highest BCUT2D eigenvalue weighted by atomic mass is 32.2. The first-order valence-electron chi connectivity index (χ1n) is 8.90. The van der Waals surface area contributed by atoms with Crippen molar-refractivity contribution in [2.45, 2.75) is 24.9 Å². The van der Waals surface area contributed by atoms with Gasteiger partial charge in [0.25, 0.3) is 0 Å². The van der Waals surface area contributed by atoms with Crippen molar-refractivity contribution < 1.29 is 22.8 Å². The molecule has 0 saturated carbocycles. The molecule has 29 heavy (non-hydrogen) atoms. The third-order valence-corrected chi connectivity index (χ3v) is 5.04. The molecular formula is C20H19F2N3O3S. The average molecular weight is 419 g/mol. The minimum absolute atomic E-state index is 0.189. The number of benzene rings is 2. The van der Waals surface area contributed by atoms with Crippen LogP contribution in [0, 0.1) is 11.6 Å². The van der Waals surface area contributed by atoms with Crippen LogP contribution in [0.15, 0.2) is 47.0 Å². The van der Waals surface area contributed by atoms with E-state index in [2.05, 4.69) is 15.5 Å². The molecule has 3 aromatic rings. The maximum Gasteiger partial charge on any atom is 0.237 e. The summed E-state index contributed by atoms with van der Waals surface area (Å²) in [5, 5.41) is 6.05. The van der Waals surface area contributed by atoms with Crippen LogP contribution in [0.1, 0.15) is 19.7 Å². The summed E-state index contributed by atoms with van der Waals surface area (Å²) in [4.78, 5) is 16.6. The van der Waals surface area contributed by atoms with Crippen LogP contribution >= 0.6 is 11.8 Å². The summed E-state index contributed by atoms with van der Waals surface area (Å²) in [6, 6.07) is 10.6. The lowest BCUT2D eigenvalue weighted by molar-refractivity contribution is -0.115. The van der Waals surface area contributed by atoms with Gasteiger partial charge in [0.1, 0.15) is 5.75 Å². The summed E-state index contributed by atoms with van der Waals surface area (Å²) in [7, 11) is 0. The fraction of sp³-hybridized carbons (Fsp3) is 0.250. The van der Waals surface area contributed by atoms with E-state index in [4.69, 9.17) is 9.26 Å². The molecule has 0 aliphatic carbocycles. The standard InChI is InChI=1S/C20H19F2N3O3S/c1-3-27-17-7-5-4-6-14(17)19-24-18(28-25-19)11-29-12(2)20(26)23-13-8-9-15(21)16(22)10-13/h4-10,12H,3,11H2,1-2H3,(H,23,26). The second kappa shape index (κ2) is 9.51. The van der Waals surface area contributed by atoms with Crippen LogP contribution in [0.2, 0.25) is 0 Å². The first-order valence-corrected chi connectivity index (χ1v) is 9.95. The van der Waals surface area contributed by atoms with Crippen molar-refractivity contribution in [2.24, 2.45) is 0 Å². The molecule has 2 aromatic carbocycles. The molecule has 9 heteroatoms. The number of nitrogens with one attached hydrogen (secondary N) is 1. The van der Waals surface area contributed by atoms with E-state index < -0.39 is 16.9 Å². The van der Waals surface area contributed by atoms with Crippen LogP contribution in [-0.4, -0.2) is 27.9 Å². The number of nitrogens with zero attached hydrogens (tertiary/aromatic N) is 2. The number of ether oxygens (including phenoxy) is 1. The van der Waals surface area contributed by atoms with Gasteiger partial charge in [0, 0.05) is 11.8 Å². The first kappa shape index (κ1) is 20.8. The van der Waals surface area contributed by atoms with Crippen LogP contribution < -0.4 is 10.1 Å². The zero-order valence-corrected chi connectivity index (χ0v) is 16.6. The van der Waals surface area contributed by atoms with E-state index in [-0.39, 0.29) is 11.6 Å². The van der Waals surface area contributed by atoms with Gasteiger partial charge in [-0.05, 0) is 38.1 Å². The number of carbonyl (C=O) groups excluding carboxylic acids is 1. The van der Waals surface area contributed by atoms with E-state index in [1.165, 1.54) is 17.8 Å². The molecule has 1 aromatic heterocycles. The number of hydrogen-bond acceptors (Lipinski definition) is 6. The molecule has 1 amide bonds. The molecule has 0 bridgehead atoms. The van der Waals surface area contributed by atoms with E-state index >= 15 is 0 Å². The SMILES string of the molecule is CCOc1ccccc1-c1noc(CSC(C)C(=O)Nc2ccc(F)c(F)c2)n1. The molecular weight excluding hydrogens is 400 g/mol. The minimum Gasteiger partial charge on any atom is -0.493 e. The molecule has 0 saturated heterocycles. The Labute approximate surface area is 170 Å². The Morgan fingerprint density at radius 1 is 1.24 bits per heavy atom. The fourth-order valence-corrected chi connectivity index (χ4v) is 3.17. The van der Waals surface area contributed by atoms with Crippen LogP contribution in [0.4, 0.5) is 14.5 Å². The Hall–Kier alpha value is -2.94. The zero-order valence-electron chi connectivity index (χ0n) is 15.8. The first-order chi connectivity index (χ1) is 14.0. The lowest BCUT2D eigenvalue weighted by Gasteiger charge is -2.11. The molecule has 6 nitrogen and oxygen atoms in total. The van der Waals surface area contributed by atoms with Gasteiger partial charge in [0.2, 0.25) is 17.6 Å². The molecule has 0 spiro atoms. The van der Waals surface area contributed by atoms with Gasteiger partial charge in [0.15, 0.2) is 11.6 Å². The number of aromatic nitrogens is 2. The Morgan fingerprint density at radius 3 is 2.79 bits per heavy atom. The van der Waals surface area contributed by atoms with Crippen LogP contribution in [0.3, 0.4) is 0 Å². The highest BCUT2D eigenvalue weighted by Crippen LogP contribution is 2.28. The second-order valence-electron chi connectivity index (χ2n) is 6.01. The van der Waals surface area contributed by atoms with Gasteiger partial charge in [-0.1, -0.05) is 17.3 Å². The van der Waals surface area contributed by atoms with Gasteiger partial charge >= 0.3 is 0 Å². The number of rotatable bonds is 8. The summed E-state index contributed by atoms with van der Waals surface area (Å²) in [6.07, 6.45) is 0. The third-order valence-electron chi connectivity index (χ3n) is 3.91. The van der Waals surface area contributed by atoms with Gasteiger partial charge in [-0.25, -0.2) is 8.78 Å². The third kappa shape index (κ3) is 5.32. The number of anilines is 1. The molecule has 1 heterocycles. The summed E-state index contributed by atoms with van der Waals surface area (Å²) in [6.45, 7) is 4.10. The quantitative estimate of drug-likeness (QED) is 0.572. The number of hydrogen-bond donors (Lipinski definition) is 1. The van der Waals surface area contributed by atoms with Crippen molar-refractivity contribution in [1.29, 1.82) is 0 Å². The molecule has 1 atom stereocenters. The van der Waals surface area contributed by atoms with Gasteiger partial charge in [-0.3, -0.25) is 4.79 Å². The number of halogens is 2. The summed E-state index contributed by atoms with van der Waals surface area (Å²) >= 11 is 1.28. The predicted octanol–water partition coefficient (Wildman–Crippen LogP) is 4.67. The number of carbonyl (C=O) groups is 1. The lowest BCUT2D eigenvalue weighted by atomic mass is 10.2. The van der Waals surface area contributed by atoms with Gasteiger partial charge in [-0.15, -0.1) is 11.8 Å². The molecule has 152 valence electrons.